The molecule has 0 atom stereocenters. The van der Waals surface area contributed by atoms with Crippen molar-refractivity contribution in [3.63, 3.8) is 0 Å². The monoisotopic (exact) mass is 314 g/mol. The number of aryl methyl sites for hydroxylation is 1. The van der Waals surface area contributed by atoms with Gasteiger partial charge in [0.2, 0.25) is 10.0 Å². The average molecular weight is 314 g/mol. The minimum Gasteiger partial charge on any atom is -0.313 e. The summed E-state index contributed by atoms with van der Waals surface area (Å²) >= 11 is 0. The molecule has 1 aromatic rings. The van der Waals surface area contributed by atoms with Crippen molar-refractivity contribution < 1.29 is 12.8 Å². The lowest BCUT2D eigenvalue weighted by molar-refractivity contribution is 0.249. The normalized spacial score (nSPS) is 16.2. The highest BCUT2D eigenvalue weighted by atomic mass is 32.2. The first kappa shape index (κ1) is 16.4. The Hall–Kier alpha value is -0.980. The van der Waals surface area contributed by atoms with Crippen LogP contribution < -0.4 is 5.32 Å². The Balaban J connectivity index is 2.36. The molecule has 0 heterocycles. The molecule has 118 valence electrons. The molecule has 0 radical (unpaired) electrons. The molecule has 2 rings (SSSR count). The summed E-state index contributed by atoms with van der Waals surface area (Å²) in [5, 5.41) is 3.04. The third kappa shape index (κ3) is 3.27. The Morgan fingerprint density at radius 3 is 2.57 bits per heavy atom. The number of halogens is 1. The number of hydrogen-bond donors (Lipinski definition) is 1. The Bertz CT molecular complexity index is 612. The van der Waals surface area contributed by atoms with E-state index >= 15 is 0 Å². The van der Waals surface area contributed by atoms with Crippen molar-refractivity contribution in [2.75, 3.05) is 13.6 Å². The molecule has 1 saturated carbocycles. The summed E-state index contributed by atoms with van der Waals surface area (Å²) in [4.78, 5) is 0.184. The molecule has 6 heteroatoms. The van der Waals surface area contributed by atoms with Crippen molar-refractivity contribution in [1.82, 2.24) is 9.62 Å². The second-order valence-corrected chi connectivity index (χ2v) is 7.60. The molecule has 0 bridgehead atoms. The minimum absolute atomic E-state index is 0.0811. The van der Waals surface area contributed by atoms with Gasteiger partial charge in [0, 0.05) is 25.2 Å². The van der Waals surface area contributed by atoms with Gasteiger partial charge >= 0.3 is 0 Å². The maximum atomic E-state index is 14.1. The van der Waals surface area contributed by atoms with Gasteiger partial charge in [-0.15, -0.1) is 0 Å². The highest BCUT2D eigenvalue weighted by Crippen LogP contribution is 2.29. The van der Waals surface area contributed by atoms with Gasteiger partial charge in [-0.1, -0.05) is 13.3 Å². The smallest absolute Gasteiger partial charge is 0.243 e. The van der Waals surface area contributed by atoms with E-state index in [2.05, 4.69) is 5.32 Å². The molecule has 1 aliphatic carbocycles. The van der Waals surface area contributed by atoms with Gasteiger partial charge in [0.15, 0.2) is 0 Å². The summed E-state index contributed by atoms with van der Waals surface area (Å²) in [7, 11) is -1.93. The third-order valence-corrected chi connectivity index (χ3v) is 6.02. The van der Waals surface area contributed by atoms with Gasteiger partial charge in [-0.3, -0.25) is 0 Å². The van der Waals surface area contributed by atoms with Gasteiger partial charge in [0.1, 0.15) is 5.82 Å². The first-order chi connectivity index (χ1) is 9.87. The first-order valence-electron chi connectivity index (χ1n) is 7.35. The Morgan fingerprint density at radius 2 is 2.05 bits per heavy atom. The van der Waals surface area contributed by atoms with Crippen LogP contribution in [0.4, 0.5) is 4.39 Å². The predicted octanol–water partition coefficient (Wildman–Crippen LogP) is 2.42. The van der Waals surface area contributed by atoms with Crippen molar-refractivity contribution in [1.29, 1.82) is 0 Å². The van der Waals surface area contributed by atoms with Gasteiger partial charge in [-0.05, 0) is 44.0 Å². The molecule has 4 nitrogen and oxygen atoms in total. The predicted molar refractivity (Wildman–Crippen MR) is 81.1 cm³/mol. The fourth-order valence-electron chi connectivity index (χ4n) is 2.46. The first-order valence-corrected chi connectivity index (χ1v) is 8.79. The van der Waals surface area contributed by atoms with E-state index in [-0.39, 0.29) is 16.8 Å². The molecule has 1 fully saturated rings. The number of sulfonamides is 1. The zero-order valence-corrected chi connectivity index (χ0v) is 13.6. The second kappa shape index (κ2) is 6.42. The lowest BCUT2D eigenvalue weighted by Gasteiger charge is -2.33. The fraction of sp³-hybridized carbons (Fsp3) is 0.600. The molecular formula is C15H23FN2O2S. The van der Waals surface area contributed by atoms with Crippen molar-refractivity contribution in [3.05, 3.63) is 29.1 Å². The average Bonchev–Trinajstić information content (AvgIpc) is 2.38. The van der Waals surface area contributed by atoms with E-state index in [1.54, 1.807) is 14.0 Å². The van der Waals surface area contributed by atoms with Crippen molar-refractivity contribution in [3.8, 4) is 0 Å². The van der Waals surface area contributed by atoms with Crippen LogP contribution in [0.3, 0.4) is 0 Å². The molecule has 0 amide bonds. The van der Waals surface area contributed by atoms with E-state index < -0.39 is 10.0 Å². The van der Waals surface area contributed by atoms with Crippen molar-refractivity contribution in [2.45, 2.75) is 50.6 Å². The third-order valence-electron chi connectivity index (χ3n) is 4.13. The van der Waals surface area contributed by atoms with Gasteiger partial charge < -0.3 is 5.32 Å². The Kier molecular flexibility index (Phi) is 5.01. The number of nitrogens with one attached hydrogen (secondary N) is 1. The maximum absolute atomic E-state index is 14.1. The number of benzene rings is 1. The van der Waals surface area contributed by atoms with Gasteiger partial charge in [0.05, 0.1) is 4.90 Å². The maximum Gasteiger partial charge on any atom is 0.243 e. The topological polar surface area (TPSA) is 49.4 Å². The molecule has 0 aromatic heterocycles. The number of rotatable bonds is 6. The van der Waals surface area contributed by atoms with E-state index in [4.69, 9.17) is 0 Å². The molecule has 1 aliphatic rings. The van der Waals surface area contributed by atoms with E-state index in [1.165, 1.54) is 16.4 Å². The minimum atomic E-state index is -3.55. The summed E-state index contributed by atoms with van der Waals surface area (Å²) < 4.78 is 40.8. The van der Waals surface area contributed by atoms with E-state index in [0.29, 0.717) is 24.2 Å². The standard InChI is InChI=1S/C15H23FN2O2S/c1-4-17-10-12-9-14(8-11(2)15(12)16)21(19,20)18(3)13-6-5-7-13/h8-9,13,17H,4-7,10H2,1-3H3. The van der Waals surface area contributed by atoms with Crippen LogP contribution in [0.1, 0.15) is 37.3 Å². The van der Waals surface area contributed by atoms with E-state index in [9.17, 15) is 12.8 Å². The van der Waals surface area contributed by atoms with E-state index in [0.717, 1.165) is 19.3 Å². The van der Waals surface area contributed by atoms with Crippen LogP contribution >= 0.6 is 0 Å². The molecule has 0 unspecified atom stereocenters. The summed E-state index contributed by atoms with van der Waals surface area (Å²) in [6.07, 6.45) is 2.87. The zero-order valence-electron chi connectivity index (χ0n) is 12.8. The van der Waals surface area contributed by atoms with Crippen LogP contribution in [-0.2, 0) is 16.6 Å². The van der Waals surface area contributed by atoms with Crippen LogP contribution in [0.15, 0.2) is 17.0 Å². The molecule has 1 aromatic carbocycles. The van der Waals surface area contributed by atoms with E-state index in [1.807, 2.05) is 6.92 Å². The quantitative estimate of drug-likeness (QED) is 0.877. The molecule has 0 spiro atoms. The van der Waals surface area contributed by atoms with Gasteiger partial charge in [-0.2, -0.15) is 4.31 Å². The molecular weight excluding hydrogens is 291 g/mol. The fourth-order valence-corrected chi connectivity index (χ4v) is 4.01. The summed E-state index contributed by atoms with van der Waals surface area (Å²) in [6.45, 7) is 4.57. The van der Waals surface area contributed by atoms with Crippen LogP contribution in [0.25, 0.3) is 0 Å². The molecule has 0 aliphatic heterocycles. The molecule has 21 heavy (non-hydrogen) atoms. The lowest BCUT2D eigenvalue weighted by atomic mass is 9.94. The second-order valence-electron chi connectivity index (χ2n) is 5.60. The van der Waals surface area contributed by atoms with Crippen LogP contribution in [-0.4, -0.2) is 32.4 Å². The largest absolute Gasteiger partial charge is 0.313 e. The molecule has 0 saturated heterocycles. The molecule has 1 N–H and O–H groups in total. The Labute approximate surface area is 126 Å². The van der Waals surface area contributed by atoms with Crippen molar-refractivity contribution in [2.24, 2.45) is 0 Å². The van der Waals surface area contributed by atoms with Gasteiger partial charge in [-0.25, -0.2) is 12.8 Å². The number of nitrogens with zero attached hydrogens (tertiary/aromatic N) is 1. The van der Waals surface area contributed by atoms with Crippen LogP contribution in [0, 0.1) is 12.7 Å². The SMILES string of the molecule is CCNCc1cc(S(=O)(=O)N(C)C2CCC2)cc(C)c1F. The van der Waals surface area contributed by atoms with Gasteiger partial charge in [0.25, 0.3) is 0 Å². The summed E-state index contributed by atoms with van der Waals surface area (Å²) in [6, 6.07) is 2.96. The van der Waals surface area contributed by atoms with Crippen molar-refractivity contribution >= 4 is 10.0 Å². The number of hydrogen-bond acceptors (Lipinski definition) is 3. The van der Waals surface area contributed by atoms with Crippen LogP contribution in [0.5, 0.6) is 0 Å². The Morgan fingerprint density at radius 1 is 1.38 bits per heavy atom. The summed E-state index contributed by atoms with van der Waals surface area (Å²) in [5.41, 5.74) is 0.767. The highest BCUT2D eigenvalue weighted by Gasteiger charge is 2.32. The summed E-state index contributed by atoms with van der Waals surface area (Å²) in [5.74, 6) is -0.332. The highest BCUT2D eigenvalue weighted by molar-refractivity contribution is 7.89. The zero-order chi connectivity index (χ0) is 15.6. The van der Waals surface area contributed by atoms with Crippen LogP contribution in [0.2, 0.25) is 0 Å². The lowest BCUT2D eigenvalue weighted by Crippen LogP contribution is -2.41.